The maximum absolute atomic E-state index is 14.2. The fraction of sp³-hybridized carbons (Fsp3) is 0.160. The minimum atomic E-state index is -4.67. The van der Waals surface area contributed by atoms with Gasteiger partial charge in [0.15, 0.2) is 11.6 Å². The van der Waals surface area contributed by atoms with Gasteiger partial charge >= 0.3 is 6.18 Å². The predicted molar refractivity (Wildman–Crippen MR) is 123 cm³/mol. The summed E-state index contributed by atoms with van der Waals surface area (Å²) in [6.07, 6.45) is 3.12. The van der Waals surface area contributed by atoms with Gasteiger partial charge in [-0.25, -0.2) is 13.8 Å². The van der Waals surface area contributed by atoms with Gasteiger partial charge in [0.2, 0.25) is 5.84 Å². The van der Waals surface area contributed by atoms with E-state index in [4.69, 9.17) is 5.73 Å². The first kappa shape index (κ1) is 24.1. The number of benzene rings is 2. The fourth-order valence-electron chi connectivity index (χ4n) is 3.44. The van der Waals surface area contributed by atoms with Gasteiger partial charge in [0, 0.05) is 17.8 Å². The zero-order valence-electron chi connectivity index (χ0n) is 17.8. The lowest BCUT2D eigenvalue weighted by atomic mass is 10.0. The van der Waals surface area contributed by atoms with Crippen molar-refractivity contribution in [3.63, 3.8) is 0 Å². The van der Waals surface area contributed by atoms with E-state index in [1.165, 1.54) is 30.3 Å². The summed E-state index contributed by atoms with van der Waals surface area (Å²) in [4.78, 5) is 4.84. The van der Waals surface area contributed by atoms with E-state index in [0.29, 0.717) is 16.8 Å². The normalized spacial score (nSPS) is 18.3. The van der Waals surface area contributed by atoms with Crippen molar-refractivity contribution in [2.24, 2.45) is 10.7 Å². The van der Waals surface area contributed by atoms with Crippen LogP contribution in [0.4, 0.5) is 27.6 Å². The van der Waals surface area contributed by atoms with Crippen molar-refractivity contribution in [1.29, 1.82) is 0 Å². The molecular weight excluding hydrogens is 437 g/mol. The first-order valence-corrected chi connectivity index (χ1v) is 10.1. The molecule has 2 N–H and O–H groups in total. The van der Waals surface area contributed by atoms with E-state index >= 15 is 0 Å². The van der Waals surface area contributed by atoms with Crippen molar-refractivity contribution >= 4 is 23.2 Å². The number of rotatable bonds is 6. The number of anilines is 1. The molecule has 2 aromatic carbocycles. The summed E-state index contributed by atoms with van der Waals surface area (Å²) in [6, 6.07) is 9.09. The fourth-order valence-corrected chi connectivity index (χ4v) is 3.44. The summed E-state index contributed by atoms with van der Waals surface area (Å²) in [5.74, 6) is -3.05. The van der Waals surface area contributed by atoms with Crippen molar-refractivity contribution < 1.29 is 22.0 Å². The Labute approximate surface area is 188 Å². The highest BCUT2D eigenvalue weighted by atomic mass is 19.4. The van der Waals surface area contributed by atoms with Crippen molar-refractivity contribution in [3.05, 3.63) is 102 Å². The SMILES string of the molecule is C=CC1N=C(C(F)(F)F)N(c2ccc(/C=C(\CN)c3cccc(F)c3F)cc2)/C1=C/C=C\C. The average molecular weight is 459 g/mol. The van der Waals surface area contributed by atoms with E-state index in [9.17, 15) is 22.0 Å². The lowest BCUT2D eigenvalue weighted by Crippen LogP contribution is -2.37. The largest absolute Gasteiger partial charge is 0.449 e. The molecule has 0 bridgehead atoms. The number of halogens is 5. The van der Waals surface area contributed by atoms with Crippen LogP contribution in [-0.4, -0.2) is 24.6 Å². The third-order valence-corrected chi connectivity index (χ3v) is 4.98. The van der Waals surface area contributed by atoms with Gasteiger partial charge in [-0.2, -0.15) is 13.2 Å². The number of hydrogen-bond donors (Lipinski definition) is 1. The third-order valence-electron chi connectivity index (χ3n) is 4.98. The summed E-state index contributed by atoms with van der Waals surface area (Å²) in [7, 11) is 0. The van der Waals surface area contributed by atoms with Crippen LogP contribution >= 0.6 is 0 Å². The highest BCUT2D eigenvalue weighted by molar-refractivity contribution is 6.07. The molecule has 0 saturated carbocycles. The Balaban J connectivity index is 2.02. The first-order chi connectivity index (χ1) is 15.7. The van der Waals surface area contributed by atoms with Gasteiger partial charge in [-0.05, 0) is 48.4 Å². The van der Waals surface area contributed by atoms with Gasteiger partial charge in [0.1, 0.15) is 6.04 Å². The quantitative estimate of drug-likeness (QED) is 0.315. The van der Waals surface area contributed by atoms with Crippen LogP contribution < -0.4 is 10.6 Å². The van der Waals surface area contributed by atoms with Crippen LogP contribution in [0, 0.1) is 11.6 Å². The van der Waals surface area contributed by atoms with E-state index in [1.807, 2.05) is 0 Å². The second-order valence-electron chi connectivity index (χ2n) is 7.15. The summed E-state index contributed by atoms with van der Waals surface area (Å²) >= 11 is 0. The molecule has 1 heterocycles. The predicted octanol–water partition coefficient (Wildman–Crippen LogP) is 6.26. The summed E-state index contributed by atoms with van der Waals surface area (Å²) < 4.78 is 68.9. The molecule has 172 valence electrons. The molecule has 0 spiro atoms. The minimum absolute atomic E-state index is 0.0259. The first-order valence-electron chi connectivity index (χ1n) is 10.1. The number of aliphatic imine (C=N–C) groups is 1. The number of allylic oxidation sites excluding steroid dienone is 3. The lowest BCUT2D eigenvalue weighted by molar-refractivity contribution is -0.0595. The molecule has 33 heavy (non-hydrogen) atoms. The standard InChI is InChI=1S/C25H22F5N3/c1-3-5-9-22-21(4-2)32-24(25(28,29)30)33(22)18-12-10-16(11-13-18)14-17(15-31)19-7-6-8-20(26)23(19)27/h3-14,21H,2,15,31H2,1H3/b5-3-,17-14+,22-9+. The molecule has 1 aliphatic rings. The number of amidine groups is 1. The Kier molecular flexibility index (Phi) is 7.28. The van der Waals surface area contributed by atoms with Crippen molar-refractivity contribution in [1.82, 2.24) is 0 Å². The van der Waals surface area contributed by atoms with E-state index in [1.54, 1.807) is 43.4 Å². The Hall–Kier alpha value is -3.52. The highest BCUT2D eigenvalue weighted by Gasteiger charge is 2.46. The molecule has 3 rings (SSSR count). The van der Waals surface area contributed by atoms with Crippen molar-refractivity contribution in [2.45, 2.75) is 19.1 Å². The molecule has 0 fully saturated rings. The molecule has 2 aromatic rings. The van der Waals surface area contributed by atoms with Crippen molar-refractivity contribution in [2.75, 3.05) is 11.4 Å². The van der Waals surface area contributed by atoms with Crippen LogP contribution in [0.2, 0.25) is 0 Å². The molecule has 0 aromatic heterocycles. The molecule has 3 nitrogen and oxygen atoms in total. The minimum Gasteiger partial charge on any atom is -0.326 e. The lowest BCUT2D eigenvalue weighted by Gasteiger charge is -2.24. The Morgan fingerprint density at radius 1 is 1.15 bits per heavy atom. The number of hydrogen-bond acceptors (Lipinski definition) is 3. The molecule has 8 heteroatoms. The van der Waals surface area contributed by atoms with Crippen LogP contribution in [0.5, 0.6) is 0 Å². The summed E-state index contributed by atoms with van der Waals surface area (Å²) in [6.45, 7) is 5.29. The number of alkyl halides is 3. The molecule has 1 unspecified atom stereocenters. The van der Waals surface area contributed by atoms with E-state index in [-0.39, 0.29) is 17.8 Å². The average Bonchev–Trinajstić information content (AvgIpc) is 3.17. The maximum Gasteiger partial charge on any atom is 0.449 e. The second kappa shape index (κ2) is 9.95. The van der Waals surface area contributed by atoms with Gasteiger partial charge in [0.25, 0.3) is 0 Å². The number of nitrogens with two attached hydrogens (primary N) is 1. The summed E-state index contributed by atoms with van der Waals surface area (Å²) in [5.41, 5.74) is 7.22. The number of nitrogens with zero attached hydrogens (tertiary/aromatic N) is 2. The van der Waals surface area contributed by atoms with E-state index in [0.717, 1.165) is 11.0 Å². The highest BCUT2D eigenvalue weighted by Crippen LogP contribution is 2.36. The zero-order chi connectivity index (χ0) is 24.2. The van der Waals surface area contributed by atoms with Crippen LogP contribution in [0.25, 0.3) is 11.6 Å². The van der Waals surface area contributed by atoms with Crippen LogP contribution in [0.15, 0.2) is 84.0 Å². The molecular formula is C25H22F5N3. The van der Waals surface area contributed by atoms with Gasteiger partial charge in [0.05, 0.1) is 5.70 Å². The van der Waals surface area contributed by atoms with E-state index < -0.39 is 29.7 Å². The van der Waals surface area contributed by atoms with Crippen LogP contribution in [0.1, 0.15) is 18.1 Å². The molecule has 1 atom stereocenters. The second-order valence-corrected chi connectivity index (χ2v) is 7.15. The molecule has 0 aliphatic carbocycles. The van der Waals surface area contributed by atoms with Crippen molar-refractivity contribution in [3.8, 4) is 0 Å². The van der Waals surface area contributed by atoms with Gasteiger partial charge in [-0.3, -0.25) is 4.90 Å². The van der Waals surface area contributed by atoms with E-state index in [2.05, 4.69) is 11.6 Å². The Bertz CT molecular complexity index is 1140. The van der Waals surface area contributed by atoms with Crippen LogP contribution in [0.3, 0.4) is 0 Å². The molecule has 1 aliphatic heterocycles. The molecule has 0 radical (unpaired) electrons. The molecule has 0 amide bonds. The van der Waals surface area contributed by atoms with Crippen LogP contribution in [-0.2, 0) is 0 Å². The Morgan fingerprint density at radius 3 is 2.42 bits per heavy atom. The maximum atomic E-state index is 14.2. The zero-order valence-corrected chi connectivity index (χ0v) is 17.8. The van der Waals surface area contributed by atoms with Gasteiger partial charge < -0.3 is 5.73 Å². The molecule has 0 saturated heterocycles. The van der Waals surface area contributed by atoms with Gasteiger partial charge in [-0.1, -0.05) is 42.5 Å². The third kappa shape index (κ3) is 5.12. The summed E-state index contributed by atoms with van der Waals surface area (Å²) in [5, 5.41) is 0. The topological polar surface area (TPSA) is 41.6 Å². The smallest absolute Gasteiger partial charge is 0.326 e. The Morgan fingerprint density at radius 2 is 1.85 bits per heavy atom. The van der Waals surface area contributed by atoms with Gasteiger partial charge in [-0.15, -0.1) is 6.58 Å². The monoisotopic (exact) mass is 459 g/mol.